The standard InChI is InChI=1S/C27H22N4O9S2/c1-2-30-22-10-6-7-11-23(22)40-24(30)13-12-21-25(29-31(27(21)33)18-8-4-3-5-9-18)28-26(32)17-14-19(41(34,35)36)16-20(15-17)42(37,38)39/h3-16H,2H2,1H3,(H,28,29,32)(H,34,35,36)(H,37,38,39). The summed E-state index contributed by atoms with van der Waals surface area (Å²) >= 11 is 0. The van der Waals surface area contributed by atoms with Crippen molar-refractivity contribution in [3.8, 4) is 5.75 Å². The fourth-order valence-corrected chi connectivity index (χ4v) is 5.42. The van der Waals surface area contributed by atoms with Crippen LogP contribution >= 0.6 is 0 Å². The van der Waals surface area contributed by atoms with Crippen LogP contribution in [0.5, 0.6) is 5.75 Å². The quantitative estimate of drug-likeness (QED) is 0.277. The first-order valence-corrected chi connectivity index (χ1v) is 15.1. The van der Waals surface area contributed by atoms with E-state index in [0.717, 1.165) is 10.7 Å². The van der Waals surface area contributed by atoms with Gasteiger partial charge in [-0.05, 0) is 61.5 Å². The molecular weight excluding hydrogens is 588 g/mol. The molecule has 3 aromatic carbocycles. The largest absolute Gasteiger partial charge is 0.439 e. The third-order valence-electron chi connectivity index (χ3n) is 6.19. The maximum Gasteiger partial charge on any atom is 0.294 e. The third kappa shape index (κ3) is 5.66. The molecule has 2 aliphatic heterocycles. The Hall–Kier alpha value is -4.83. The van der Waals surface area contributed by atoms with Gasteiger partial charge in [0.15, 0.2) is 11.6 Å². The zero-order valence-electron chi connectivity index (χ0n) is 21.7. The molecule has 0 saturated carbocycles. The van der Waals surface area contributed by atoms with Gasteiger partial charge >= 0.3 is 0 Å². The van der Waals surface area contributed by atoms with Gasteiger partial charge in [-0.25, -0.2) is 0 Å². The summed E-state index contributed by atoms with van der Waals surface area (Å²) in [5, 5.41) is 7.67. The van der Waals surface area contributed by atoms with Crippen molar-refractivity contribution < 1.29 is 40.3 Å². The molecule has 13 nitrogen and oxygen atoms in total. The van der Waals surface area contributed by atoms with Crippen LogP contribution in [0.4, 0.5) is 11.4 Å². The van der Waals surface area contributed by atoms with Crippen molar-refractivity contribution in [3.05, 3.63) is 102 Å². The minimum atomic E-state index is -4.97. The summed E-state index contributed by atoms with van der Waals surface area (Å²) in [5.41, 5.74) is 0.572. The molecule has 5 rings (SSSR count). The molecule has 3 N–H and O–H groups in total. The monoisotopic (exact) mass is 610 g/mol. The average Bonchev–Trinajstić information content (AvgIpc) is 3.47. The zero-order chi connectivity index (χ0) is 30.2. The Labute approximate surface area is 240 Å². The second-order valence-corrected chi connectivity index (χ2v) is 11.7. The van der Waals surface area contributed by atoms with Crippen LogP contribution in [0.3, 0.4) is 0 Å². The summed E-state index contributed by atoms with van der Waals surface area (Å²) in [6.45, 7) is 2.47. The van der Waals surface area contributed by atoms with Crippen molar-refractivity contribution in [2.45, 2.75) is 16.7 Å². The van der Waals surface area contributed by atoms with E-state index in [9.17, 15) is 35.5 Å². The van der Waals surface area contributed by atoms with Crippen LogP contribution in [0, 0.1) is 0 Å². The first kappa shape index (κ1) is 28.7. The Morgan fingerprint density at radius 3 is 2.17 bits per heavy atom. The molecule has 42 heavy (non-hydrogen) atoms. The van der Waals surface area contributed by atoms with Gasteiger partial charge in [0.1, 0.15) is 0 Å². The van der Waals surface area contributed by atoms with Crippen molar-refractivity contribution in [2.24, 2.45) is 5.10 Å². The number of hydrazone groups is 1. The number of anilines is 2. The number of benzene rings is 3. The second kappa shape index (κ2) is 10.9. The van der Waals surface area contributed by atoms with E-state index in [1.165, 1.54) is 12.2 Å². The van der Waals surface area contributed by atoms with Crippen LogP contribution in [0.1, 0.15) is 17.3 Å². The highest BCUT2D eigenvalue weighted by Crippen LogP contribution is 2.38. The van der Waals surface area contributed by atoms with Crippen molar-refractivity contribution in [3.63, 3.8) is 0 Å². The lowest BCUT2D eigenvalue weighted by molar-refractivity contribution is -0.114. The summed E-state index contributed by atoms with van der Waals surface area (Å²) in [6.07, 6.45) is 2.93. The number of rotatable bonds is 6. The first-order valence-electron chi connectivity index (χ1n) is 12.2. The predicted octanol–water partition coefficient (Wildman–Crippen LogP) is 2.96. The Morgan fingerprint density at radius 2 is 1.55 bits per heavy atom. The molecule has 0 atom stereocenters. The van der Waals surface area contributed by atoms with E-state index in [4.69, 9.17) is 4.74 Å². The van der Waals surface area contributed by atoms with Crippen molar-refractivity contribution in [1.82, 2.24) is 5.32 Å². The normalized spacial score (nSPS) is 16.9. The lowest BCUT2D eigenvalue weighted by Gasteiger charge is -2.15. The fraction of sp³-hybridized carbons (Fsp3) is 0.0741. The number of amidine groups is 1. The molecule has 0 bridgehead atoms. The van der Waals surface area contributed by atoms with E-state index in [-0.39, 0.29) is 11.4 Å². The van der Waals surface area contributed by atoms with Crippen LogP contribution in [0.15, 0.2) is 111 Å². The van der Waals surface area contributed by atoms with Gasteiger partial charge in [-0.15, -0.1) is 5.10 Å². The summed E-state index contributed by atoms with van der Waals surface area (Å²) in [7, 11) is -9.94. The minimum absolute atomic E-state index is 0.0729. The minimum Gasteiger partial charge on any atom is -0.439 e. The van der Waals surface area contributed by atoms with Gasteiger partial charge in [0.05, 0.1) is 26.7 Å². The molecule has 3 aromatic rings. The Balaban J connectivity index is 1.54. The highest BCUT2D eigenvalue weighted by atomic mass is 32.2. The maximum atomic E-state index is 13.5. The number of fused-ring (bicyclic) bond motifs is 1. The van der Waals surface area contributed by atoms with Crippen LogP contribution < -0.4 is 20.0 Å². The van der Waals surface area contributed by atoms with Crippen LogP contribution in [-0.2, 0) is 25.0 Å². The summed E-state index contributed by atoms with van der Waals surface area (Å²) in [6, 6.07) is 17.6. The van der Waals surface area contributed by atoms with Gasteiger partial charge in [-0.1, -0.05) is 30.3 Å². The number of hydrogen-bond acceptors (Lipinski definition) is 9. The number of nitrogens with one attached hydrogen (secondary N) is 1. The summed E-state index contributed by atoms with van der Waals surface area (Å²) in [4.78, 5) is 26.6. The molecule has 15 heteroatoms. The van der Waals surface area contributed by atoms with Gasteiger partial charge in [-0.3, -0.25) is 18.7 Å². The van der Waals surface area contributed by atoms with E-state index in [1.54, 1.807) is 36.4 Å². The number of carbonyl (C=O) groups excluding carboxylic acids is 2. The summed E-state index contributed by atoms with van der Waals surface area (Å²) in [5.74, 6) is -0.915. The average molecular weight is 611 g/mol. The van der Waals surface area contributed by atoms with Crippen molar-refractivity contribution >= 4 is 49.3 Å². The lowest BCUT2D eigenvalue weighted by Crippen LogP contribution is -2.32. The zero-order valence-corrected chi connectivity index (χ0v) is 23.3. The molecule has 0 saturated heterocycles. The molecule has 0 spiro atoms. The molecule has 0 aliphatic carbocycles. The van der Waals surface area contributed by atoms with Gasteiger partial charge in [0.2, 0.25) is 5.88 Å². The van der Waals surface area contributed by atoms with Crippen molar-refractivity contribution in [1.29, 1.82) is 0 Å². The predicted molar refractivity (Wildman–Crippen MR) is 151 cm³/mol. The number of amides is 2. The van der Waals surface area contributed by atoms with Gasteiger partial charge in [-0.2, -0.15) is 21.8 Å². The second-order valence-electron chi connectivity index (χ2n) is 8.90. The molecule has 0 unspecified atom stereocenters. The highest BCUT2D eigenvalue weighted by molar-refractivity contribution is 7.86. The molecule has 0 fully saturated rings. The molecule has 0 radical (unpaired) electrons. The van der Waals surface area contributed by atoms with Crippen LogP contribution in [0.25, 0.3) is 0 Å². The Kier molecular flexibility index (Phi) is 7.42. The van der Waals surface area contributed by atoms with Crippen molar-refractivity contribution in [2.75, 3.05) is 16.5 Å². The van der Waals surface area contributed by atoms with E-state index in [0.29, 0.717) is 42.1 Å². The first-order chi connectivity index (χ1) is 19.9. The molecule has 2 heterocycles. The number of allylic oxidation sites excluding steroid dienone is 2. The van der Waals surface area contributed by atoms with E-state index in [2.05, 4.69) is 10.4 Å². The number of ether oxygens (including phenoxy) is 1. The maximum absolute atomic E-state index is 13.5. The van der Waals surface area contributed by atoms with E-state index >= 15 is 0 Å². The van der Waals surface area contributed by atoms with E-state index < -0.39 is 47.4 Å². The molecular formula is C27H22N4O9S2. The SMILES string of the molecule is CCN1C(=CC=C2C(=O)N(c3ccccc3)N=C2NC(=O)c2cc(S(=O)(=O)O)cc(S(=O)(=O)O)c2)Oc2ccccc21. The van der Waals surface area contributed by atoms with Gasteiger partial charge < -0.3 is 15.0 Å². The number of hydrogen-bond donors (Lipinski definition) is 3. The number of carbonyl (C=O) groups is 2. The van der Waals surface area contributed by atoms with Crippen LogP contribution in [-0.4, -0.2) is 50.1 Å². The smallest absolute Gasteiger partial charge is 0.294 e. The van der Waals surface area contributed by atoms with E-state index in [1.807, 2.05) is 30.0 Å². The summed E-state index contributed by atoms with van der Waals surface area (Å²) < 4.78 is 71.7. The third-order valence-corrected chi connectivity index (χ3v) is 7.86. The lowest BCUT2D eigenvalue weighted by atomic mass is 10.1. The molecule has 216 valence electrons. The van der Waals surface area contributed by atoms with Gasteiger partial charge in [0.25, 0.3) is 32.1 Å². The number of para-hydroxylation sites is 3. The fourth-order valence-electron chi connectivity index (χ4n) is 4.24. The Morgan fingerprint density at radius 1 is 0.929 bits per heavy atom. The topological polar surface area (TPSA) is 183 Å². The molecule has 2 amide bonds. The molecule has 0 aromatic heterocycles. The Bertz CT molecular complexity index is 1870. The highest BCUT2D eigenvalue weighted by Gasteiger charge is 2.33. The van der Waals surface area contributed by atoms with Crippen LogP contribution in [0.2, 0.25) is 0 Å². The van der Waals surface area contributed by atoms with Gasteiger partial charge in [0, 0.05) is 12.1 Å². The number of nitrogens with zero attached hydrogens (tertiary/aromatic N) is 3. The molecule has 2 aliphatic rings.